The Morgan fingerprint density at radius 1 is 0.898 bits per heavy atom. The normalized spacial score (nSPS) is 23.6. The topological polar surface area (TPSA) is 86.8 Å². The Balaban J connectivity index is 1.33. The van der Waals surface area contributed by atoms with Gasteiger partial charge in [0.25, 0.3) is 0 Å². The summed E-state index contributed by atoms with van der Waals surface area (Å²) in [5.74, 6) is 1.49. The van der Waals surface area contributed by atoms with Crippen molar-refractivity contribution in [2.75, 3.05) is 17.1 Å². The van der Waals surface area contributed by atoms with E-state index in [1.165, 1.54) is 49.0 Å². The first-order valence-electron chi connectivity index (χ1n) is 17.3. The van der Waals surface area contributed by atoms with Crippen molar-refractivity contribution < 1.29 is 18.0 Å². The number of nitrogens with one attached hydrogen (secondary N) is 1. The van der Waals surface area contributed by atoms with E-state index in [1.54, 1.807) is 18.2 Å². The van der Waals surface area contributed by atoms with Gasteiger partial charge in [0.05, 0.1) is 11.9 Å². The molecule has 1 N–H and O–H groups in total. The lowest BCUT2D eigenvalue weighted by Gasteiger charge is -2.57. The van der Waals surface area contributed by atoms with Crippen LogP contribution >= 0.6 is 23.2 Å². The lowest BCUT2D eigenvalue weighted by molar-refractivity contribution is -0.140. The number of anilines is 1. The smallest absolute Gasteiger partial charge is 0.244 e. The van der Waals surface area contributed by atoms with Gasteiger partial charge in [-0.25, -0.2) is 8.42 Å². The molecule has 0 heterocycles. The van der Waals surface area contributed by atoms with Gasteiger partial charge in [-0.2, -0.15) is 0 Å². The van der Waals surface area contributed by atoms with Crippen LogP contribution in [0.3, 0.4) is 0 Å². The van der Waals surface area contributed by atoms with E-state index in [0.717, 1.165) is 33.9 Å². The molecule has 3 aromatic rings. The number of amides is 2. The summed E-state index contributed by atoms with van der Waals surface area (Å²) in [6.07, 6.45) is 8.98. The van der Waals surface area contributed by atoms with Crippen LogP contribution in [0.25, 0.3) is 0 Å². The molecule has 49 heavy (non-hydrogen) atoms. The van der Waals surface area contributed by atoms with Gasteiger partial charge in [-0.1, -0.05) is 71.7 Å². The van der Waals surface area contributed by atoms with Gasteiger partial charge in [0, 0.05) is 28.5 Å². The molecule has 0 aromatic heterocycles. The summed E-state index contributed by atoms with van der Waals surface area (Å²) in [7, 11) is -3.88. The Labute approximate surface area is 301 Å². The minimum Gasteiger partial charge on any atom is -0.350 e. The van der Waals surface area contributed by atoms with Crippen LogP contribution in [0.15, 0.2) is 72.8 Å². The van der Waals surface area contributed by atoms with E-state index in [1.807, 2.05) is 63.2 Å². The second-order valence-corrected chi connectivity index (χ2v) is 18.5. The van der Waals surface area contributed by atoms with Crippen LogP contribution < -0.4 is 9.62 Å². The highest BCUT2D eigenvalue weighted by Crippen LogP contribution is 2.60. The minimum absolute atomic E-state index is 0.0214. The summed E-state index contributed by atoms with van der Waals surface area (Å²) in [5, 5.41) is 3.83. The van der Waals surface area contributed by atoms with Crippen LogP contribution in [-0.2, 0) is 38.0 Å². The van der Waals surface area contributed by atoms with Gasteiger partial charge in [-0.05, 0) is 123 Å². The van der Waals surface area contributed by atoms with Crippen molar-refractivity contribution >= 4 is 50.7 Å². The number of carbonyl (C=O) groups is 2. The van der Waals surface area contributed by atoms with E-state index in [-0.39, 0.29) is 24.3 Å². The molecule has 7 rings (SSSR count). The molecule has 2 amide bonds. The monoisotopic (exact) mass is 723 g/mol. The molecule has 4 bridgehead atoms. The molecule has 1 atom stereocenters. The third-order valence-corrected chi connectivity index (χ3v) is 12.3. The van der Waals surface area contributed by atoms with E-state index in [0.29, 0.717) is 21.3 Å². The molecule has 4 aliphatic carbocycles. The summed E-state index contributed by atoms with van der Waals surface area (Å²) in [5.41, 5.74) is 2.74. The van der Waals surface area contributed by atoms with Gasteiger partial charge in [0.2, 0.25) is 21.8 Å². The van der Waals surface area contributed by atoms with Gasteiger partial charge in [0.15, 0.2) is 0 Å². The highest BCUT2D eigenvalue weighted by molar-refractivity contribution is 7.92. The standard InChI is InChI=1S/C39H47Cl2N3O4S/c1-38(2,3)42-37(46)35(19-26-8-6-5-7-9-26)43(24-30-10-13-32(40)20-34(30)41)36(45)25-44(49(4,47)48)33-14-11-31(12-15-33)39-21-27-16-28(22-39)18-29(17-27)23-39/h5-15,20,27-29,35H,16-19,21-25H2,1-4H3,(H,42,46). The second kappa shape index (κ2) is 13.9. The van der Waals surface area contributed by atoms with Crippen molar-refractivity contribution in [3.8, 4) is 0 Å². The first kappa shape index (κ1) is 35.7. The van der Waals surface area contributed by atoms with Crippen molar-refractivity contribution in [2.24, 2.45) is 17.8 Å². The van der Waals surface area contributed by atoms with E-state index in [9.17, 15) is 18.0 Å². The van der Waals surface area contributed by atoms with E-state index >= 15 is 0 Å². The van der Waals surface area contributed by atoms with Gasteiger partial charge in [0.1, 0.15) is 12.6 Å². The Morgan fingerprint density at radius 3 is 2.02 bits per heavy atom. The van der Waals surface area contributed by atoms with Crippen molar-refractivity contribution in [3.63, 3.8) is 0 Å². The summed E-state index contributed by atoms with van der Waals surface area (Å²) >= 11 is 12.8. The van der Waals surface area contributed by atoms with E-state index in [2.05, 4.69) is 17.4 Å². The number of nitrogens with zero attached hydrogens (tertiary/aromatic N) is 2. The van der Waals surface area contributed by atoms with Crippen LogP contribution in [0, 0.1) is 17.8 Å². The molecule has 1 unspecified atom stereocenters. The van der Waals surface area contributed by atoms with Crippen LogP contribution in [0.2, 0.25) is 10.0 Å². The maximum absolute atomic E-state index is 14.5. The Kier molecular flexibility index (Phi) is 10.2. The zero-order valence-corrected chi connectivity index (χ0v) is 31.1. The maximum atomic E-state index is 14.5. The summed E-state index contributed by atoms with van der Waals surface area (Å²) in [6, 6.07) is 21.4. The molecule has 10 heteroatoms. The van der Waals surface area contributed by atoms with Gasteiger partial charge < -0.3 is 10.2 Å². The third kappa shape index (κ3) is 8.29. The molecular weight excluding hydrogens is 677 g/mol. The lowest BCUT2D eigenvalue weighted by Crippen LogP contribution is -2.56. The summed E-state index contributed by atoms with van der Waals surface area (Å²) in [6.45, 7) is 5.14. The number of hydrogen-bond acceptors (Lipinski definition) is 4. The number of benzene rings is 3. The Morgan fingerprint density at radius 2 is 1.49 bits per heavy atom. The molecule has 4 saturated carbocycles. The molecule has 3 aromatic carbocycles. The molecule has 0 saturated heterocycles. The average Bonchev–Trinajstić information content (AvgIpc) is 3.01. The zero-order chi connectivity index (χ0) is 35.1. The SMILES string of the molecule is CC(C)(C)NC(=O)C(Cc1ccccc1)N(Cc1ccc(Cl)cc1Cl)C(=O)CN(c1ccc(C23CC4CC(CC(C4)C2)C3)cc1)S(C)(=O)=O. The highest BCUT2D eigenvalue weighted by Gasteiger charge is 2.51. The van der Waals surface area contributed by atoms with Gasteiger partial charge in [-0.15, -0.1) is 0 Å². The fourth-order valence-electron chi connectivity index (χ4n) is 8.90. The number of rotatable bonds is 11. The quantitative estimate of drug-likeness (QED) is 0.219. The molecular formula is C39H47Cl2N3O4S. The van der Waals surface area contributed by atoms with Crippen molar-refractivity contribution in [1.82, 2.24) is 10.2 Å². The molecule has 4 aliphatic rings. The predicted octanol–water partition coefficient (Wildman–Crippen LogP) is 7.78. The molecule has 0 radical (unpaired) electrons. The third-order valence-electron chi connectivity index (χ3n) is 10.6. The van der Waals surface area contributed by atoms with E-state index < -0.39 is 34.1 Å². The first-order chi connectivity index (χ1) is 23.1. The fraction of sp³-hybridized carbons (Fsp3) is 0.487. The van der Waals surface area contributed by atoms with Crippen LogP contribution in [-0.4, -0.2) is 49.5 Å². The molecule has 7 nitrogen and oxygen atoms in total. The average molecular weight is 725 g/mol. The minimum atomic E-state index is -3.88. The lowest BCUT2D eigenvalue weighted by atomic mass is 9.48. The van der Waals surface area contributed by atoms with Gasteiger partial charge in [-0.3, -0.25) is 13.9 Å². The molecule has 0 aliphatic heterocycles. The predicted molar refractivity (Wildman–Crippen MR) is 197 cm³/mol. The van der Waals surface area contributed by atoms with Crippen molar-refractivity contribution in [2.45, 2.75) is 89.3 Å². The maximum Gasteiger partial charge on any atom is 0.244 e. The van der Waals surface area contributed by atoms with Crippen molar-refractivity contribution in [3.05, 3.63) is 99.5 Å². The Bertz CT molecular complexity index is 1760. The van der Waals surface area contributed by atoms with Crippen LogP contribution in [0.1, 0.15) is 76.0 Å². The second-order valence-electron chi connectivity index (χ2n) is 15.7. The molecule has 0 spiro atoms. The molecule has 262 valence electrons. The molecule has 4 fully saturated rings. The largest absolute Gasteiger partial charge is 0.350 e. The van der Waals surface area contributed by atoms with E-state index in [4.69, 9.17) is 23.2 Å². The Hall–Kier alpha value is -3.07. The number of halogens is 2. The number of sulfonamides is 1. The fourth-order valence-corrected chi connectivity index (χ4v) is 10.2. The number of hydrogen-bond donors (Lipinski definition) is 1. The van der Waals surface area contributed by atoms with Crippen LogP contribution in [0.4, 0.5) is 5.69 Å². The van der Waals surface area contributed by atoms with Crippen molar-refractivity contribution in [1.29, 1.82) is 0 Å². The summed E-state index contributed by atoms with van der Waals surface area (Å²) < 4.78 is 27.9. The highest BCUT2D eigenvalue weighted by atomic mass is 35.5. The first-order valence-corrected chi connectivity index (χ1v) is 19.9. The zero-order valence-electron chi connectivity index (χ0n) is 28.8. The summed E-state index contributed by atoms with van der Waals surface area (Å²) in [4.78, 5) is 30.0. The van der Waals surface area contributed by atoms with Crippen LogP contribution in [0.5, 0.6) is 0 Å². The number of carbonyl (C=O) groups excluding carboxylic acids is 2. The van der Waals surface area contributed by atoms with Gasteiger partial charge >= 0.3 is 0 Å².